The van der Waals surface area contributed by atoms with Gasteiger partial charge in [0.05, 0.1) is 16.3 Å². The van der Waals surface area contributed by atoms with Gasteiger partial charge >= 0.3 is 0 Å². The van der Waals surface area contributed by atoms with Crippen LogP contribution in [0.15, 0.2) is 33.4 Å². The lowest BCUT2D eigenvalue weighted by molar-refractivity contribution is 0.571. The Morgan fingerprint density at radius 1 is 1.50 bits per heavy atom. The molecule has 0 fully saturated rings. The van der Waals surface area contributed by atoms with Gasteiger partial charge in [-0.15, -0.1) is 0 Å². The van der Waals surface area contributed by atoms with E-state index in [4.69, 9.17) is 16.0 Å². The maximum Gasteiger partial charge on any atom is 0.227 e. The quantitative estimate of drug-likeness (QED) is 0.943. The molecule has 2 rings (SSSR count). The van der Waals surface area contributed by atoms with E-state index in [1.807, 2.05) is 25.2 Å². The van der Waals surface area contributed by atoms with Crippen molar-refractivity contribution in [1.29, 1.82) is 0 Å². The van der Waals surface area contributed by atoms with Crippen LogP contribution in [0.2, 0.25) is 5.02 Å². The molecule has 16 heavy (non-hydrogen) atoms. The zero-order valence-electron chi connectivity index (χ0n) is 8.63. The number of nitrogens with one attached hydrogen (secondary N) is 1. The third kappa shape index (κ3) is 2.29. The Bertz CT molecular complexity index is 498. The highest BCUT2D eigenvalue weighted by Crippen LogP contribution is 2.32. The third-order valence-corrected chi connectivity index (χ3v) is 3.39. The van der Waals surface area contributed by atoms with Gasteiger partial charge in [0, 0.05) is 11.0 Å². The van der Waals surface area contributed by atoms with Crippen molar-refractivity contribution in [2.75, 3.05) is 7.05 Å². The average molecular weight is 302 g/mol. The summed E-state index contributed by atoms with van der Waals surface area (Å²) < 4.78 is 6.22. The first-order valence-electron chi connectivity index (χ1n) is 4.75. The minimum atomic E-state index is 0.538. The third-order valence-electron chi connectivity index (χ3n) is 2.09. The Balaban J connectivity index is 2.39. The van der Waals surface area contributed by atoms with E-state index < -0.39 is 0 Å². The summed E-state index contributed by atoms with van der Waals surface area (Å²) in [4.78, 5) is 4.34. The zero-order valence-corrected chi connectivity index (χ0v) is 11.0. The number of benzene rings is 1. The van der Waals surface area contributed by atoms with Gasteiger partial charge in [-0.25, -0.2) is 4.98 Å². The van der Waals surface area contributed by atoms with Crippen molar-refractivity contribution >= 4 is 27.5 Å². The molecule has 0 amide bonds. The Morgan fingerprint density at radius 2 is 2.31 bits per heavy atom. The second-order valence-electron chi connectivity index (χ2n) is 3.28. The van der Waals surface area contributed by atoms with Crippen LogP contribution in [0.3, 0.4) is 0 Å². The van der Waals surface area contributed by atoms with Crippen molar-refractivity contribution < 1.29 is 4.42 Å². The SMILES string of the molecule is CNCc1coc(-c2cccc(Br)c2Cl)n1. The highest BCUT2D eigenvalue weighted by Gasteiger charge is 2.11. The number of halogens is 2. The van der Waals surface area contributed by atoms with Crippen LogP contribution in [0.4, 0.5) is 0 Å². The van der Waals surface area contributed by atoms with E-state index in [2.05, 4.69) is 26.2 Å². The second-order valence-corrected chi connectivity index (χ2v) is 4.51. The van der Waals surface area contributed by atoms with Crippen LogP contribution >= 0.6 is 27.5 Å². The van der Waals surface area contributed by atoms with Crippen LogP contribution < -0.4 is 5.32 Å². The van der Waals surface area contributed by atoms with E-state index in [9.17, 15) is 0 Å². The van der Waals surface area contributed by atoms with E-state index in [0.717, 1.165) is 15.7 Å². The molecule has 1 heterocycles. The first-order chi connectivity index (χ1) is 7.72. The lowest BCUT2D eigenvalue weighted by Crippen LogP contribution is -2.04. The molecule has 2 aromatic rings. The summed E-state index contributed by atoms with van der Waals surface area (Å²) in [7, 11) is 1.86. The Kier molecular flexibility index (Phi) is 3.63. The summed E-state index contributed by atoms with van der Waals surface area (Å²) in [6, 6.07) is 5.65. The maximum absolute atomic E-state index is 6.15. The summed E-state index contributed by atoms with van der Waals surface area (Å²) in [5.74, 6) is 0.538. The molecule has 0 saturated heterocycles. The molecule has 0 atom stereocenters. The number of oxazole rings is 1. The van der Waals surface area contributed by atoms with Crippen LogP contribution in [0.1, 0.15) is 5.69 Å². The van der Waals surface area contributed by atoms with Gasteiger partial charge < -0.3 is 9.73 Å². The van der Waals surface area contributed by atoms with Crippen molar-refractivity contribution in [3.05, 3.63) is 39.7 Å². The minimum absolute atomic E-state index is 0.538. The number of rotatable bonds is 3. The summed E-state index contributed by atoms with van der Waals surface area (Å²) in [5.41, 5.74) is 1.65. The van der Waals surface area contributed by atoms with Gasteiger partial charge in [-0.3, -0.25) is 0 Å². The fourth-order valence-corrected chi connectivity index (χ4v) is 1.93. The molecule has 0 saturated carbocycles. The molecule has 1 aromatic heterocycles. The highest BCUT2D eigenvalue weighted by atomic mass is 79.9. The molecule has 0 spiro atoms. The first kappa shape index (κ1) is 11.6. The Morgan fingerprint density at radius 3 is 3.06 bits per heavy atom. The van der Waals surface area contributed by atoms with E-state index in [-0.39, 0.29) is 0 Å². The van der Waals surface area contributed by atoms with Crippen LogP contribution in [0.25, 0.3) is 11.5 Å². The van der Waals surface area contributed by atoms with Crippen LogP contribution in [-0.2, 0) is 6.54 Å². The fraction of sp³-hybridized carbons (Fsp3) is 0.182. The standard InChI is InChI=1S/C11H10BrClN2O/c1-14-5-7-6-16-11(15-7)8-3-2-4-9(12)10(8)13/h2-4,6,14H,5H2,1H3. The summed E-state index contributed by atoms with van der Waals surface area (Å²) in [6.45, 7) is 0.676. The normalized spacial score (nSPS) is 10.7. The summed E-state index contributed by atoms with van der Waals surface area (Å²) >= 11 is 9.52. The average Bonchev–Trinajstić information content (AvgIpc) is 2.71. The predicted octanol–water partition coefficient (Wildman–Crippen LogP) is 3.48. The molecule has 0 bridgehead atoms. The van der Waals surface area contributed by atoms with E-state index in [1.54, 1.807) is 6.26 Å². The van der Waals surface area contributed by atoms with E-state index >= 15 is 0 Å². The Hall–Kier alpha value is -0.840. The molecule has 0 radical (unpaired) electrons. The van der Waals surface area contributed by atoms with Crippen molar-refractivity contribution in [3.8, 4) is 11.5 Å². The van der Waals surface area contributed by atoms with Crippen LogP contribution in [-0.4, -0.2) is 12.0 Å². The van der Waals surface area contributed by atoms with Gasteiger partial charge in [0.2, 0.25) is 5.89 Å². The van der Waals surface area contributed by atoms with E-state index in [1.165, 1.54) is 0 Å². The molecular formula is C11H10BrClN2O. The topological polar surface area (TPSA) is 38.1 Å². The number of hydrogen-bond donors (Lipinski definition) is 1. The van der Waals surface area contributed by atoms with Gasteiger partial charge in [0.15, 0.2) is 0 Å². The zero-order chi connectivity index (χ0) is 11.5. The van der Waals surface area contributed by atoms with Crippen molar-refractivity contribution in [2.24, 2.45) is 0 Å². The molecule has 5 heteroatoms. The van der Waals surface area contributed by atoms with E-state index in [0.29, 0.717) is 17.5 Å². The van der Waals surface area contributed by atoms with Crippen molar-refractivity contribution in [2.45, 2.75) is 6.54 Å². The monoisotopic (exact) mass is 300 g/mol. The molecule has 1 aromatic carbocycles. The molecular weight excluding hydrogens is 291 g/mol. The largest absolute Gasteiger partial charge is 0.444 e. The fourth-order valence-electron chi connectivity index (χ4n) is 1.36. The lowest BCUT2D eigenvalue weighted by atomic mass is 10.2. The molecule has 3 nitrogen and oxygen atoms in total. The predicted molar refractivity (Wildman–Crippen MR) is 67.4 cm³/mol. The molecule has 0 unspecified atom stereocenters. The maximum atomic E-state index is 6.15. The second kappa shape index (κ2) is 4.99. The van der Waals surface area contributed by atoms with Gasteiger partial charge in [0.1, 0.15) is 6.26 Å². The van der Waals surface area contributed by atoms with Crippen molar-refractivity contribution in [1.82, 2.24) is 10.3 Å². The molecule has 0 aliphatic heterocycles. The van der Waals surface area contributed by atoms with Gasteiger partial charge in [-0.2, -0.15) is 0 Å². The van der Waals surface area contributed by atoms with Gasteiger partial charge in [0.25, 0.3) is 0 Å². The van der Waals surface area contributed by atoms with Crippen molar-refractivity contribution in [3.63, 3.8) is 0 Å². The van der Waals surface area contributed by atoms with Crippen LogP contribution in [0.5, 0.6) is 0 Å². The molecule has 0 aliphatic carbocycles. The van der Waals surface area contributed by atoms with Gasteiger partial charge in [-0.05, 0) is 35.1 Å². The van der Waals surface area contributed by atoms with Gasteiger partial charge in [-0.1, -0.05) is 17.7 Å². The first-order valence-corrected chi connectivity index (χ1v) is 5.93. The summed E-state index contributed by atoms with van der Waals surface area (Å²) in [6.07, 6.45) is 1.63. The van der Waals surface area contributed by atoms with Crippen LogP contribution in [0, 0.1) is 0 Å². The summed E-state index contributed by atoms with van der Waals surface area (Å²) in [5, 5.41) is 3.62. The number of nitrogens with zero attached hydrogens (tertiary/aromatic N) is 1. The molecule has 1 N–H and O–H groups in total. The lowest BCUT2D eigenvalue weighted by Gasteiger charge is -2.00. The molecule has 0 aliphatic rings. The minimum Gasteiger partial charge on any atom is -0.444 e. The smallest absolute Gasteiger partial charge is 0.227 e. The number of aromatic nitrogens is 1. The number of hydrogen-bond acceptors (Lipinski definition) is 3. The Labute approximate surface area is 107 Å². The molecule has 84 valence electrons. The highest BCUT2D eigenvalue weighted by molar-refractivity contribution is 9.10.